The van der Waals surface area contributed by atoms with Crippen molar-refractivity contribution in [2.75, 3.05) is 0 Å². The Kier molecular flexibility index (Phi) is 8.19. The summed E-state index contributed by atoms with van der Waals surface area (Å²) in [7, 11) is -1.60. The molecule has 5 nitrogen and oxygen atoms in total. The molecule has 0 bridgehead atoms. The number of H-pyrrole nitrogens is 1. The van der Waals surface area contributed by atoms with Crippen LogP contribution in [0.1, 0.15) is 79.8 Å². The quantitative estimate of drug-likeness (QED) is 0.321. The van der Waals surface area contributed by atoms with Gasteiger partial charge in [-0.2, -0.15) is 0 Å². The lowest BCUT2D eigenvalue weighted by atomic mass is 9.78. The number of hydrogen-bond donors (Lipinski definition) is 1. The maximum Gasteiger partial charge on any atom is 0.355 e. The molecule has 34 heavy (non-hydrogen) atoms. The number of carbonyl (C=O) groups is 3. The van der Waals surface area contributed by atoms with Gasteiger partial charge in [-0.1, -0.05) is 63.8 Å². The minimum absolute atomic E-state index is 0.0415. The molecule has 0 radical (unpaired) electrons. The van der Waals surface area contributed by atoms with Gasteiger partial charge in [-0.25, -0.2) is 4.79 Å². The van der Waals surface area contributed by atoms with Gasteiger partial charge in [0.1, 0.15) is 22.9 Å². The molecule has 186 valence electrons. The van der Waals surface area contributed by atoms with Gasteiger partial charge in [-0.15, -0.1) is 0 Å². The van der Waals surface area contributed by atoms with E-state index in [2.05, 4.69) is 24.6 Å². The number of aromatic nitrogens is 1. The standard InChI is InChI=1S/C28H41NO4Si/c1-18-19(2)25(26(32)33-27(3,4)5)29-24(18)23(20-14-12-11-13-15-20)21(30)16-28(6,7)22(31)17-34(8,9)10/h11-15,23,29H,16-17H2,1-10H3. The molecule has 0 aliphatic rings. The number of esters is 1. The van der Waals surface area contributed by atoms with E-state index in [9.17, 15) is 14.4 Å². The molecule has 1 heterocycles. The Bertz CT molecular complexity index is 1050. The van der Waals surface area contributed by atoms with Gasteiger partial charge in [0.15, 0.2) is 0 Å². The van der Waals surface area contributed by atoms with Crippen LogP contribution in [0, 0.1) is 19.3 Å². The summed E-state index contributed by atoms with van der Waals surface area (Å²) >= 11 is 0. The van der Waals surface area contributed by atoms with E-state index in [0.717, 1.165) is 16.7 Å². The predicted octanol–water partition coefficient (Wildman–Crippen LogP) is 6.61. The fraction of sp³-hybridized carbons (Fsp3) is 0.536. The van der Waals surface area contributed by atoms with Gasteiger partial charge in [0.25, 0.3) is 0 Å². The molecule has 0 aliphatic heterocycles. The van der Waals surface area contributed by atoms with Gasteiger partial charge in [-0.3, -0.25) is 9.59 Å². The number of aromatic amines is 1. The van der Waals surface area contributed by atoms with Crippen molar-refractivity contribution >= 4 is 25.6 Å². The fourth-order valence-electron chi connectivity index (χ4n) is 4.05. The van der Waals surface area contributed by atoms with Crippen LogP contribution >= 0.6 is 0 Å². The first-order chi connectivity index (χ1) is 15.4. The van der Waals surface area contributed by atoms with Crippen molar-refractivity contribution in [3.63, 3.8) is 0 Å². The van der Waals surface area contributed by atoms with Crippen LogP contribution in [0.4, 0.5) is 0 Å². The molecule has 0 aliphatic carbocycles. The SMILES string of the molecule is Cc1c(C(=O)OC(C)(C)C)[nH]c(C(C(=O)CC(C)(C)C(=O)C[Si](C)(C)C)c2ccccc2)c1C. The second kappa shape index (κ2) is 10.0. The minimum atomic E-state index is -1.60. The largest absolute Gasteiger partial charge is 0.455 e. The van der Waals surface area contributed by atoms with Gasteiger partial charge in [0, 0.05) is 23.6 Å². The molecule has 2 rings (SSSR count). The van der Waals surface area contributed by atoms with E-state index >= 15 is 0 Å². The van der Waals surface area contributed by atoms with Crippen LogP contribution in [0.25, 0.3) is 0 Å². The van der Waals surface area contributed by atoms with Crippen molar-refractivity contribution < 1.29 is 19.1 Å². The second-order valence-corrected chi connectivity index (χ2v) is 17.7. The van der Waals surface area contributed by atoms with Crippen molar-refractivity contribution in [2.24, 2.45) is 5.41 Å². The van der Waals surface area contributed by atoms with Crippen LogP contribution in [0.2, 0.25) is 25.7 Å². The topological polar surface area (TPSA) is 76.2 Å². The molecule has 1 unspecified atom stereocenters. The number of Topliss-reactive ketones (excluding diaryl/α,β-unsaturated/α-hetero) is 2. The molecule has 0 saturated heterocycles. The summed E-state index contributed by atoms with van der Waals surface area (Å²) in [6, 6.07) is 10.1. The van der Waals surface area contributed by atoms with Gasteiger partial charge >= 0.3 is 5.97 Å². The van der Waals surface area contributed by atoms with E-state index in [1.165, 1.54) is 0 Å². The summed E-state index contributed by atoms with van der Waals surface area (Å²) in [6.45, 7) is 19.5. The highest BCUT2D eigenvalue weighted by Gasteiger charge is 2.37. The fourth-order valence-corrected chi connectivity index (χ4v) is 5.49. The van der Waals surface area contributed by atoms with E-state index in [4.69, 9.17) is 4.74 Å². The zero-order valence-electron chi connectivity index (χ0n) is 22.5. The van der Waals surface area contributed by atoms with Crippen LogP contribution in [-0.4, -0.2) is 36.2 Å². The molecule has 1 atom stereocenters. The first-order valence-corrected chi connectivity index (χ1v) is 15.7. The monoisotopic (exact) mass is 483 g/mol. The Balaban J connectivity index is 2.50. The summed E-state index contributed by atoms with van der Waals surface area (Å²) in [5.41, 5.74) is 2.13. The molecule has 0 spiro atoms. The highest BCUT2D eigenvalue weighted by atomic mass is 28.3. The molecule has 0 amide bonds. The maximum absolute atomic E-state index is 13.8. The summed E-state index contributed by atoms with van der Waals surface area (Å²) in [6.07, 6.45) is 0.134. The second-order valence-electron chi connectivity index (χ2n) is 12.2. The van der Waals surface area contributed by atoms with Crippen LogP contribution in [0.3, 0.4) is 0 Å². The highest BCUT2D eigenvalue weighted by molar-refractivity contribution is 6.78. The average molecular weight is 484 g/mol. The lowest BCUT2D eigenvalue weighted by Gasteiger charge is -2.28. The first kappa shape index (κ1) is 27.8. The van der Waals surface area contributed by atoms with E-state index in [-0.39, 0.29) is 18.0 Å². The van der Waals surface area contributed by atoms with Crippen LogP contribution < -0.4 is 0 Å². The normalized spacial score (nSPS) is 13.5. The molecule has 0 saturated carbocycles. The van der Waals surface area contributed by atoms with E-state index < -0.39 is 31.0 Å². The Labute approximate surface area is 205 Å². The van der Waals surface area contributed by atoms with Crippen molar-refractivity contribution in [3.05, 3.63) is 58.4 Å². The van der Waals surface area contributed by atoms with Crippen LogP contribution in [-0.2, 0) is 14.3 Å². The molecular formula is C28H41NO4Si. The Hall–Kier alpha value is -2.47. The number of ether oxygens (including phenoxy) is 1. The average Bonchev–Trinajstić information content (AvgIpc) is 2.95. The number of hydrogen-bond acceptors (Lipinski definition) is 4. The van der Waals surface area contributed by atoms with Gasteiger partial charge in [-0.05, 0) is 51.3 Å². The number of benzene rings is 1. The Morgan fingerprint density at radius 2 is 1.50 bits per heavy atom. The summed E-state index contributed by atoms with van der Waals surface area (Å²) in [5, 5.41) is 0. The third-order valence-electron chi connectivity index (χ3n) is 6.01. The molecule has 6 heteroatoms. The van der Waals surface area contributed by atoms with Gasteiger partial charge < -0.3 is 9.72 Å². The summed E-state index contributed by atoms with van der Waals surface area (Å²) < 4.78 is 5.58. The minimum Gasteiger partial charge on any atom is -0.455 e. The van der Waals surface area contributed by atoms with E-state index in [1.54, 1.807) is 0 Å². The van der Waals surface area contributed by atoms with E-state index in [1.807, 2.05) is 78.8 Å². The van der Waals surface area contributed by atoms with Crippen molar-refractivity contribution in [2.45, 2.75) is 92.1 Å². The Morgan fingerprint density at radius 1 is 0.941 bits per heavy atom. The summed E-state index contributed by atoms with van der Waals surface area (Å²) in [5.74, 6) is -0.944. The number of nitrogens with one attached hydrogen (secondary N) is 1. The lowest BCUT2D eigenvalue weighted by molar-refractivity contribution is -0.131. The molecule has 2 aromatic rings. The lowest BCUT2D eigenvalue weighted by Crippen LogP contribution is -2.35. The predicted molar refractivity (Wildman–Crippen MR) is 140 cm³/mol. The van der Waals surface area contributed by atoms with Crippen LogP contribution in [0.5, 0.6) is 0 Å². The maximum atomic E-state index is 13.8. The van der Waals surface area contributed by atoms with E-state index in [0.29, 0.717) is 17.4 Å². The van der Waals surface area contributed by atoms with Crippen LogP contribution in [0.15, 0.2) is 30.3 Å². The number of rotatable bonds is 9. The molecule has 0 fully saturated rings. The highest BCUT2D eigenvalue weighted by Crippen LogP contribution is 2.36. The first-order valence-electron chi connectivity index (χ1n) is 12.0. The number of ketones is 2. The number of carbonyl (C=O) groups excluding carboxylic acids is 3. The van der Waals surface area contributed by atoms with Crippen molar-refractivity contribution in [3.8, 4) is 0 Å². The zero-order chi connectivity index (χ0) is 26.1. The molecule has 1 N–H and O–H groups in total. The molecule has 1 aromatic carbocycles. The third kappa shape index (κ3) is 7.01. The smallest absolute Gasteiger partial charge is 0.355 e. The third-order valence-corrected chi connectivity index (χ3v) is 7.39. The van der Waals surface area contributed by atoms with Gasteiger partial charge in [0.2, 0.25) is 0 Å². The van der Waals surface area contributed by atoms with Crippen molar-refractivity contribution in [1.82, 2.24) is 4.98 Å². The summed E-state index contributed by atoms with van der Waals surface area (Å²) in [4.78, 5) is 43.0. The zero-order valence-corrected chi connectivity index (χ0v) is 23.5. The van der Waals surface area contributed by atoms with Crippen molar-refractivity contribution in [1.29, 1.82) is 0 Å². The Morgan fingerprint density at radius 3 is 2.00 bits per heavy atom. The van der Waals surface area contributed by atoms with Gasteiger partial charge in [0.05, 0.1) is 14.0 Å². The molecule has 1 aromatic heterocycles. The molecular weight excluding hydrogens is 442 g/mol.